The Labute approximate surface area is 102 Å². The van der Waals surface area contributed by atoms with Crippen LogP contribution in [0.25, 0.3) is 0 Å². The van der Waals surface area contributed by atoms with Crippen molar-refractivity contribution in [2.45, 2.75) is 38.0 Å². The predicted octanol–water partition coefficient (Wildman–Crippen LogP) is 4.68. The van der Waals surface area contributed by atoms with Gasteiger partial charge in [-0.2, -0.15) is 0 Å². The lowest BCUT2D eigenvalue weighted by atomic mass is 9.82. The van der Waals surface area contributed by atoms with Crippen LogP contribution in [0.3, 0.4) is 0 Å². The van der Waals surface area contributed by atoms with Gasteiger partial charge >= 0.3 is 0 Å². The van der Waals surface area contributed by atoms with Gasteiger partial charge in [-0.15, -0.1) is 11.6 Å². The molecule has 1 aromatic rings. The summed E-state index contributed by atoms with van der Waals surface area (Å²) in [6.45, 7) is 2.33. The second kappa shape index (κ2) is 4.35. The Hall–Kier alpha value is -0.200. The van der Waals surface area contributed by atoms with E-state index in [1.807, 2.05) is 12.1 Å². The molecule has 0 radical (unpaired) electrons. The van der Waals surface area contributed by atoms with Crippen molar-refractivity contribution in [3.63, 3.8) is 0 Å². The largest absolute Gasteiger partial charge is 0.123 e. The number of hydrogen-bond donors (Lipinski definition) is 0. The van der Waals surface area contributed by atoms with Crippen molar-refractivity contribution in [3.8, 4) is 0 Å². The lowest BCUT2D eigenvalue weighted by molar-refractivity contribution is 0.335. The molecule has 0 spiro atoms. The first-order valence-electron chi connectivity index (χ1n) is 5.46. The van der Waals surface area contributed by atoms with Crippen LogP contribution >= 0.6 is 23.2 Å². The van der Waals surface area contributed by atoms with Gasteiger partial charge in [0, 0.05) is 10.4 Å². The molecule has 1 aliphatic carbocycles. The molecule has 0 amide bonds. The lowest BCUT2D eigenvalue weighted by Crippen LogP contribution is -2.15. The third-order valence-electron chi connectivity index (χ3n) is 3.30. The Balaban J connectivity index is 2.08. The van der Waals surface area contributed by atoms with Crippen molar-refractivity contribution < 1.29 is 0 Å². The van der Waals surface area contributed by atoms with Gasteiger partial charge in [0.1, 0.15) is 0 Å². The molecule has 0 nitrogen and oxygen atoms in total. The van der Waals surface area contributed by atoms with E-state index in [0.29, 0.717) is 10.8 Å². The second-order valence-corrected chi connectivity index (χ2v) is 6.01. The summed E-state index contributed by atoms with van der Waals surface area (Å²) in [7, 11) is 0. The third kappa shape index (κ3) is 2.89. The van der Waals surface area contributed by atoms with Gasteiger partial charge < -0.3 is 0 Å². The molecule has 0 aliphatic heterocycles. The summed E-state index contributed by atoms with van der Waals surface area (Å²) in [4.78, 5) is 0. The van der Waals surface area contributed by atoms with Gasteiger partial charge in [0.05, 0.1) is 0 Å². The second-order valence-electron chi connectivity index (χ2n) is 4.96. The zero-order chi connectivity index (χ0) is 10.9. The lowest BCUT2D eigenvalue weighted by Gasteiger charge is -2.23. The van der Waals surface area contributed by atoms with E-state index >= 15 is 0 Å². The summed E-state index contributed by atoms with van der Waals surface area (Å²) in [5, 5.41) is 1.20. The van der Waals surface area contributed by atoms with Crippen molar-refractivity contribution >= 4 is 23.2 Å². The minimum Gasteiger partial charge on any atom is -0.123 e. The summed E-state index contributed by atoms with van der Waals surface area (Å²) in [6.07, 6.45) is 4.60. The van der Waals surface area contributed by atoms with Gasteiger partial charge in [-0.05, 0) is 48.8 Å². The van der Waals surface area contributed by atoms with Gasteiger partial charge in [-0.3, -0.25) is 0 Å². The minimum absolute atomic E-state index is 0.370. The first kappa shape index (κ1) is 11.3. The number of hydrogen-bond acceptors (Lipinski definition) is 0. The fraction of sp³-hybridized carbons (Fsp3) is 0.538. The number of alkyl halides is 1. The molecule has 82 valence electrons. The van der Waals surface area contributed by atoms with E-state index in [2.05, 4.69) is 19.1 Å². The highest BCUT2D eigenvalue weighted by molar-refractivity contribution is 6.30. The molecule has 1 saturated carbocycles. The Morgan fingerprint density at radius 2 is 2.27 bits per heavy atom. The van der Waals surface area contributed by atoms with E-state index in [4.69, 9.17) is 23.2 Å². The smallest absolute Gasteiger partial charge is 0.0408 e. The monoisotopic (exact) mass is 242 g/mol. The normalized spacial score (nSPS) is 30.7. The maximum Gasteiger partial charge on any atom is 0.0408 e. The van der Waals surface area contributed by atoms with Crippen LogP contribution in [0, 0.1) is 5.41 Å². The Kier molecular flexibility index (Phi) is 3.27. The molecule has 0 aromatic heterocycles. The fourth-order valence-corrected chi connectivity index (χ4v) is 3.24. The van der Waals surface area contributed by atoms with E-state index < -0.39 is 0 Å². The molecular formula is C13H16Cl2. The molecule has 2 heteroatoms. The number of halogens is 2. The average molecular weight is 243 g/mol. The summed E-state index contributed by atoms with van der Waals surface area (Å²) in [6, 6.07) is 8.16. The van der Waals surface area contributed by atoms with Crippen LogP contribution in [0.5, 0.6) is 0 Å². The van der Waals surface area contributed by atoms with E-state index in [-0.39, 0.29) is 0 Å². The van der Waals surface area contributed by atoms with E-state index in [9.17, 15) is 0 Å². The van der Waals surface area contributed by atoms with Crippen molar-refractivity contribution in [2.75, 3.05) is 0 Å². The van der Waals surface area contributed by atoms with Gasteiger partial charge in [0.2, 0.25) is 0 Å². The molecule has 0 saturated heterocycles. The van der Waals surface area contributed by atoms with Crippen LogP contribution in [-0.2, 0) is 6.42 Å². The Morgan fingerprint density at radius 1 is 1.47 bits per heavy atom. The van der Waals surface area contributed by atoms with E-state index in [1.165, 1.54) is 12.0 Å². The molecule has 2 unspecified atom stereocenters. The average Bonchev–Trinajstić information content (AvgIpc) is 2.45. The molecular weight excluding hydrogens is 227 g/mol. The summed E-state index contributed by atoms with van der Waals surface area (Å²) in [5.41, 5.74) is 1.70. The van der Waals surface area contributed by atoms with Crippen LogP contribution in [-0.4, -0.2) is 5.38 Å². The molecule has 0 N–H and O–H groups in total. The topological polar surface area (TPSA) is 0 Å². The van der Waals surface area contributed by atoms with Crippen molar-refractivity contribution in [2.24, 2.45) is 5.41 Å². The van der Waals surface area contributed by atoms with Gasteiger partial charge in [-0.1, -0.05) is 30.7 Å². The van der Waals surface area contributed by atoms with Crippen LogP contribution in [0.1, 0.15) is 31.7 Å². The van der Waals surface area contributed by atoms with Crippen molar-refractivity contribution in [1.82, 2.24) is 0 Å². The van der Waals surface area contributed by atoms with E-state index in [0.717, 1.165) is 24.3 Å². The summed E-state index contributed by atoms with van der Waals surface area (Å²) < 4.78 is 0. The first-order valence-corrected chi connectivity index (χ1v) is 6.27. The number of benzene rings is 1. The molecule has 0 heterocycles. The van der Waals surface area contributed by atoms with Crippen molar-refractivity contribution in [1.29, 1.82) is 0 Å². The fourth-order valence-electron chi connectivity index (χ4n) is 2.54. The van der Waals surface area contributed by atoms with Crippen molar-refractivity contribution in [3.05, 3.63) is 34.9 Å². The standard InChI is InChI=1S/C13H16Cl2/c1-13(6-5-12(15)9-13)8-10-3-2-4-11(14)7-10/h2-4,7,12H,5-6,8-9H2,1H3. The van der Waals surface area contributed by atoms with Crippen LogP contribution in [0.2, 0.25) is 5.02 Å². The Morgan fingerprint density at radius 3 is 2.87 bits per heavy atom. The third-order valence-corrected chi connectivity index (χ3v) is 3.90. The molecule has 1 fully saturated rings. The zero-order valence-electron chi connectivity index (χ0n) is 8.97. The highest BCUT2D eigenvalue weighted by Gasteiger charge is 2.33. The van der Waals surface area contributed by atoms with E-state index in [1.54, 1.807) is 0 Å². The quantitative estimate of drug-likeness (QED) is 0.661. The molecule has 1 aromatic carbocycles. The minimum atomic E-state index is 0.370. The maximum absolute atomic E-state index is 6.17. The zero-order valence-corrected chi connectivity index (χ0v) is 10.5. The molecule has 1 aliphatic rings. The SMILES string of the molecule is CC1(Cc2cccc(Cl)c2)CCC(Cl)C1. The van der Waals surface area contributed by atoms with Gasteiger partial charge in [0.15, 0.2) is 0 Å². The maximum atomic E-state index is 6.17. The molecule has 2 rings (SSSR count). The first-order chi connectivity index (χ1) is 7.07. The van der Waals surface area contributed by atoms with Crippen LogP contribution < -0.4 is 0 Å². The van der Waals surface area contributed by atoms with Crippen LogP contribution in [0.15, 0.2) is 24.3 Å². The summed E-state index contributed by atoms with van der Waals surface area (Å²) >= 11 is 12.1. The van der Waals surface area contributed by atoms with Crippen LogP contribution in [0.4, 0.5) is 0 Å². The summed E-state index contributed by atoms with van der Waals surface area (Å²) in [5.74, 6) is 0. The highest BCUT2D eigenvalue weighted by Crippen LogP contribution is 2.42. The van der Waals surface area contributed by atoms with Gasteiger partial charge in [0.25, 0.3) is 0 Å². The highest BCUT2D eigenvalue weighted by atomic mass is 35.5. The molecule has 2 atom stereocenters. The number of rotatable bonds is 2. The Bertz CT molecular complexity index is 348. The predicted molar refractivity (Wildman–Crippen MR) is 66.8 cm³/mol. The molecule has 15 heavy (non-hydrogen) atoms. The molecule has 0 bridgehead atoms. The van der Waals surface area contributed by atoms with Gasteiger partial charge in [-0.25, -0.2) is 0 Å².